The van der Waals surface area contributed by atoms with Gasteiger partial charge in [0.05, 0.1) is 17.6 Å². The van der Waals surface area contributed by atoms with Crippen LogP contribution in [0.3, 0.4) is 0 Å². The number of anilines is 2. The van der Waals surface area contributed by atoms with Crippen molar-refractivity contribution >= 4 is 78.3 Å². The molecule has 24 heteroatoms. The Morgan fingerprint density at radius 1 is 0.534 bits per heavy atom. The molecule has 23 nitrogen and oxygen atoms in total. The van der Waals surface area contributed by atoms with Gasteiger partial charge in [-0.15, -0.1) is 9.98 Å². The number of rotatable bonds is 20. The lowest BCUT2D eigenvalue weighted by Gasteiger charge is -2.37. The predicted octanol–water partition coefficient (Wildman–Crippen LogP) is 9.32. The highest BCUT2D eigenvalue weighted by molar-refractivity contribution is 7.78. The molecule has 2 aliphatic rings. The van der Waals surface area contributed by atoms with Gasteiger partial charge < -0.3 is 55.8 Å². The summed E-state index contributed by atoms with van der Waals surface area (Å²) in [5, 5.41) is 13.5. The van der Waals surface area contributed by atoms with Crippen molar-refractivity contribution in [1.82, 2.24) is 20.3 Å². The lowest BCUT2D eigenvalue weighted by atomic mass is 9.77. The van der Waals surface area contributed by atoms with Gasteiger partial charge in [0.15, 0.2) is 5.60 Å². The Morgan fingerprint density at radius 3 is 1.49 bits per heavy atom. The molecular formula is C64H62N10O13S. The number of amides is 6. The van der Waals surface area contributed by atoms with E-state index in [1.807, 2.05) is 24.3 Å². The Labute approximate surface area is 511 Å². The van der Waals surface area contributed by atoms with E-state index in [2.05, 4.69) is 49.4 Å². The average molecular weight is 1210 g/mol. The van der Waals surface area contributed by atoms with E-state index in [-0.39, 0.29) is 94.3 Å². The quantitative estimate of drug-likeness (QED) is 0.00880. The Bertz CT molecular complexity index is 3700. The Balaban J connectivity index is 0.821. The number of alkyl carbamates (subject to hydrolysis) is 2. The smallest absolute Gasteiger partial charge is 0.437 e. The van der Waals surface area contributed by atoms with Gasteiger partial charge in [-0.2, -0.15) is 0 Å². The van der Waals surface area contributed by atoms with Crippen molar-refractivity contribution < 1.29 is 62.0 Å². The van der Waals surface area contributed by atoms with Crippen molar-refractivity contribution in [3.8, 4) is 11.5 Å². The summed E-state index contributed by atoms with van der Waals surface area (Å²) in [5.74, 6) is -1.76. The largest absolute Gasteiger partial charge is 0.456 e. The summed E-state index contributed by atoms with van der Waals surface area (Å²) in [6, 6.07) is 50.6. The minimum Gasteiger partial charge on any atom is -0.456 e. The van der Waals surface area contributed by atoms with Crippen molar-refractivity contribution in [2.75, 3.05) is 23.7 Å². The third kappa shape index (κ3) is 16.7. The van der Waals surface area contributed by atoms with E-state index in [1.54, 1.807) is 158 Å². The highest BCUT2D eigenvalue weighted by Gasteiger charge is 2.53. The van der Waals surface area contributed by atoms with E-state index in [4.69, 9.17) is 39.9 Å². The van der Waals surface area contributed by atoms with Crippen LogP contribution in [0.25, 0.3) is 0 Å². The molecule has 6 amide bonds. The summed E-state index contributed by atoms with van der Waals surface area (Å²) in [6.45, 7) is -0.0570. The zero-order valence-corrected chi connectivity index (χ0v) is 48.2. The highest BCUT2D eigenvalue weighted by atomic mass is 32.1. The first-order chi connectivity index (χ1) is 42.7. The number of nitrogens with zero attached hydrogens (tertiary/aromatic N) is 3. The number of fused-ring (bicyclic) bond motifs is 6. The van der Waals surface area contributed by atoms with Crippen LogP contribution >= 0.6 is 12.8 Å². The van der Waals surface area contributed by atoms with Gasteiger partial charge in [0.25, 0.3) is 0 Å². The minimum absolute atomic E-state index is 0.0378. The molecular weight excluding hydrogens is 1150 g/mol. The molecule has 0 saturated heterocycles. The third-order valence-corrected chi connectivity index (χ3v) is 14.1. The van der Waals surface area contributed by atoms with Gasteiger partial charge in [-0.1, -0.05) is 152 Å². The number of nitrogens with one attached hydrogen (secondary N) is 5. The maximum atomic E-state index is 13.7. The Kier molecular flexibility index (Phi) is 21.1. The number of thiol groups is 1. The Morgan fingerprint density at radius 2 is 0.977 bits per heavy atom. The fourth-order valence-electron chi connectivity index (χ4n) is 9.31. The lowest BCUT2D eigenvalue weighted by Crippen LogP contribution is -2.43. The molecule has 88 heavy (non-hydrogen) atoms. The van der Waals surface area contributed by atoms with E-state index in [9.17, 15) is 33.6 Å². The second-order valence-electron chi connectivity index (χ2n) is 20.0. The number of esters is 1. The molecule has 452 valence electrons. The molecule has 0 aliphatic carbocycles. The molecule has 0 fully saturated rings. The number of hydrogen-bond acceptors (Lipinski definition) is 16. The molecule has 1 unspecified atom stereocenters. The average Bonchev–Trinajstić information content (AvgIpc) is 1.45. The monoisotopic (exact) mass is 1210 g/mol. The van der Waals surface area contributed by atoms with Crippen LogP contribution in [0.1, 0.15) is 75.0 Å². The zero-order chi connectivity index (χ0) is 61.8. The van der Waals surface area contributed by atoms with E-state index in [1.165, 1.54) is 4.31 Å². The van der Waals surface area contributed by atoms with E-state index >= 15 is 0 Å². The first-order valence-corrected chi connectivity index (χ1v) is 28.3. The molecule has 7 aromatic rings. The number of aliphatic imine (C=N–C) groups is 2. The van der Waals surface area contributed by atoms with Crippen LogP contribution in [-0.2, 0) is 65.3 Å². The van der Waals surface area contributed by atoms with Crippen LogP contribution in [0.5, 0.6) is 11.5 Å². The molecule has 3 atom stereocenters. The maximum absolute atomic E-state index is 13.7. The standard InChI is InChI=1S/C64H62N10O13S/c65-51(27-15-33-67-58(70-60(78)82-37-41-17-5-1-6-18-41)71-61(79)83-38-42-19-7-2-8-20-42)55(75)68-45-29-31-49-53(35-45)86-54-36-46(30-32-50(54)64(49)48-26-14-13-25-47(48)57(77)87-64)69-56(76)52(66)28-16-34-74(88)59(72-62(80)84-39-43-21-9-3-10-22-43)73-63(81)85-40-44-23-11-4-12-24-44/h1-14,17-26,29-32,35-36,51-52,88H,15-16,27-28,33-34,37-40,65-66H2,(H,68,75)(H,69,76)(H,72,73,80,81)(H2,67,70,71,78,79)/t51-,52-,64?/m0/s1. The minimum atomic E-state index is -1.50. The van der Waals surface area contributed by atoms with Gasteiger partial charge >= 0.3 is 30.3 Å². The van der Waals surface area contributed by atoms with Crippen LogP contribution in [-0.4, -0.2) is 83.6 Å². The molecule has 9 rings (SSSR count). The van der Waals surface area contributed by atoms with Crippen molar-refractivity contribution in [2.45, 2.75) is 69.8 Å². The van der Waals surface area contributed by atoms with Crippen molar-refractivity contribution in [3.63, 3.8) is 0 Å². The first-order valence-electron chi connectivity index (χ1n) is 27.9. The summed E-state index contributed by atoms with van der Waals surface area (Å²) in [7, 11) is 0. The number of carbonyl (C=O) groups is 7. The number of nitrogens with two attached hydrogens (primary N) is 2. The molecule has 0 aromatic heterocycles. The van der Waals surface area contributed by atoms with E-state index in [0.717, 1.165) is 22.3 Å². The molecule has 1 spiro atoms. The summed E-state index contributed by atoms with van der Waals surface area (Å²) in [6.07, 6.45) is -2.99. The SMILES string of the molecule is N[C@@H](CCCN/C(=N/C(=O)OCc1ccccc1)NC(=O)OCc1ccccc1)C(=O)Nc1ccc2c(c1)Oc1cc(NC(=O)[C@@H](N)CCCN(S)/C(=N/C(=O)OCc3ccccc3)NC(=O)OCc3ccccc3)ccc1C21OC(=O)c2ccccc21. The lowest BCUT2D eigenvalue weighted by molar-refractivity contribution is -0.118. The molecule has 9 N–H and O–H groups in total. The fourth-order valence-corrected chi connectivity index (χ4v) is 9.54. The van der Waals surface area contributed by atoms with Crippen LogP contribution in [0, 0.1) is 0 Å². The number of guanidine groups is 2. The van der Waals surface area contributed by atoms with Crippen LogP contribution < -0.4 is 42.8 Å². The second kappa shape index (κ2) is 30.0. The number of carbonyl (C=O) groups excluding carboxylic acids is 7. The topological polar surface area (TPSA) is 315 Å². The molecule has 0 saturated carbocycles. The summed E-state index contributed by atoms with van der Waals surface area (Å²) >= 11 is 4.48. The summed E-state index contributed by atoms with van der Waals surface area (Å²) < 4.78 is 35.3. The highest BCUT2D eigenvalue weighted by Crippen LogP contribution is 2.56. The normalized spacial score (nSPS) is 14.4. The van der Waals surface area contributed by atoms with Gasteiger partial charge in [0, 0.05) is 53.3 Å². The van der Waals surface area contributed by atoms with Gasteiger partial charge in [-0.3, -0.25) is 24.5 Å². The second-order valence-corrected chi connectivity index (χ2v) is 20.5. The van der Waals surface area contributed by atoms with Gasteiger partial charge in [0.1, 0.15) is 37.9 Å². The van der Waals surface area contributed by atoms with E-state index < -0.39 is 59.8 Å². The first kappa shape index (κ1) is 62.0. The van der Waals surface area contributed by atoms with Crippen LogP contribution in [0.15, 0.2) is 192 Å². The van der Waals surface area contributed by atoms with Crippen molar-refractivity contribution in [2.24, 2.45) is 21.5 Å². The number of hydrogen-bond donors (Lipinski definition) is 8. The fraction of sp³-hybridized carbons (Fsp3) is 0.203. The molecule has 7 aromatic carbocycles. The number of benzene rings is 7. The van der Waals surface area contributed by atoms with Gasteiger partial charge in [0.2, 0.25) is 23.7 Å². The van der Waals surface area contributed by atoms with Crippen molar-refractivity contribution in [1.29, 1.82) is 0 Å². The van der Waals surface area contributed by atoms with Crippen molar-refractivity contribution in [3.05, 3.63) is 226 Å². The third-order valence-electron chi connectivity index (χ3n) is 13.7. The maximum Gasteiger partial charge on any atom is 0.437 e. The summed E-state index contributed by atoms with van der Waals surface area (Å²) in [4.78, 5) is 100. The molecule has 2 heterocycles. The zero-order valence-electron chi connectivity index (χ0n) is 47.3. The Hall–Kier alpha value is -10.6. The van der Waals surface area contributed by atoms with Gasteiger partial charge in [-0.05, 0) is 78.3 Å². The van der Waals surface area contributed by atoms with Gasteiger partial charge in [-0.25, -0.2) is 24.0 Å². The molecule has 2 aliphatic heterocycles. The summed E-state index contributed by atoms with van der Waals surface area (Å²) in [5.41, 5.74) is 16.6. The van der Waals surface area contributed by atoms with E-state index in [0.29, 0.717) is 27.9 Å². The number of ether oxygens (including phenoxy) is 6. The van der Waals surface area contributed by atoms with Crippen LogP contribution in [0.4, 0.5) is 30.6 Å². The van der Waals surface area contributed by atoms with Crippen LogP contribution in [0.2, 0.25) is 0 Å². The predicted molar refractivity (Wildman–Crippen MR) is 328 cm³/mol. The molecule has 0 bridgehead atoms. The molecule has 0 radical (unpaired) electrons.